The minimum absolute atomic E-state index is 0.180. The number of carbonyl (C=O) groups excluding carboxylic acids is 3. The number of fused-ring (bicyclic) bond motifs is 2. The molecule has 1 aliphatic carbocycles. The highest BCUT2D eigenvalue weighted by Gasteiger charge is 2.33. The summed E-state index contributed by atoms with van der Waals surface area (Å²) in [4.78, 5) is 37.2. The van der Waals surface area contributed by atoms with Crippen molar-refractivity contribution in [2.24, 2.45) is 0 Å². The second kappa shape index (κ2) is 7.39. The molecule has 1 aliphatic rings. The highest BCUT2D eigenvalue weighted by atomic mass is 16.5. The molecule has 2 aromatic carbocycles. The number of ketones is 2. The van der Waals surface area contributed by atoms with Crippen LogP contribution < -0.4 is 10.6 Å². The van der Waals surface area contributed by atoms with Crippen LogP contribution in [-0.4, -0.2) is 37.7 Å². The van der Waals surface area contributed by atoms with Crippen LogP contribution in [0.15, 0.2) is 36.4 Å². The maximum Gasteiger partial charge on any atom is 0.305 e. The third-order valence-corrected chi connectivity index (χ3v) is 4.31. The minimum Gasteiger partial charge on any atom is -0.464 e. The summed E-state index contributed by atoms with van der Waals surface area (Å²) in [5, 5.41) is 6.09. The average molecular weight is 352 g/mol. The summed E-state index contributed by atoms with van der Waals surface area (Å²) in [6.45, 7) is 2.26. The Hall–Kier alpha value is -3.15. The molecule has 134 valence electrons. The van der Waals surface area contributed by atoms with Crippen LogP contribution in [0.1, 0.15) is 45.2 Å². The summed E-state index contributed by atoms with van der Waals surface area (Å²) >= 11 is 0. The van der Waals surface area contributed by atoms with Gasteiger partial charge in [0.1, 0.15) is 6.61 Å². The molecule has 0 spiro atoms. The Kier molecular flexibility index (Phi) is 5.02. The number of ether oxygens (including phenoxy) is 1. The van der Waals surface area contributed by atoms with Gasteiger partial charge in [-0.2, -0.15) is 0 Å². The van der Waals surface area contributed by atoms with E-state index in [2.05, 4.69) is 10.6 Å². The number of esters is 1. The highest BCUT2D eigenvalue weighted by Crippen LogP contribution is 2.36. The van der Waals surface area contributed by atoms with E-state index in [1.165, 1.54) is 0 Å². The van der Waals surface area contributed by atoms with Crippen molar-refractivity contribution in [1.29, 1.82) is 0 Å². The second-order valence-corrected chi connectivity index (χ2v) is 5.87. The molecule has 0 unspecified atom stereocenters. The molecule has 2 N–H and O–H groups in total. The van der Waals surface area contributed by atoms with Crippen molar-refractivity contribution in [1.82, 2.24) is 0 Å². The van der Waals surface area contributed by atoms with E-state index in [0.717, 1.165) is 0 Å². The molecule has 0 bridgehead atoms. The standard InChI is InChI=1S/C20H20N2O4/c1-3-16(23)26-11-10-22-15-9-8-14(21-2)17-18(15)20(25)13-7-5-4-6-12(13)19(17)24/h4-9,21-22H,3,10-11H2,1-2H3. The smallest absolute Gasteiger partial charge is 0.305 e. The Bertz CT molecular complexity index is 889. The number of anilines is 2. The molecule has 0 fully saturated rings. The van der Waals surface area contributed by atoms with Crippen molar-refractivity contribution >= 4 is 28.9 Å². The number of hydrogen-bond acceptors (Lipinski definition) is 6. The number of benzene rings is 2. The number of hydrogen-bond donors (Lipinski definition) is 2. The first-order valence-corrected chi connectivity index (χ1v) is 8.51. The lowest BCUT2D eigenvalue weighted by Crippen LogP contribution is -2.24. The molecule has 26 heavy (non-hydrogen) atoms. The third-order valence-electron chi connectivity index (χ3n) is 4.31. The van der Waals surface area contributed by atoms with Gasteiger partial charge in [-0.3, -0.25) is 14.4 Å². The zero-order valence-electron chi connectivity index (χ0n) is 14.7. The van der Waals surface area contributed by atoms with Gasteiger partial charge in [-0.25, -0.2) is 0 Å². The number of rotatable bonds is 6. The van der Waals surface area contributed by atoms with E-state index >= 15 is 0 Å². The van der Waals surface area contributed by atoms with E-state index in [-0.39, 0.29) is 24.1 Å². The summed E-state index contributed by atoms with van der Waals surface area (Å²) in [6, 6.07) is 10.3. The fourth-order valence-corrected chi connectivity index (χ4v) is 3.03. The molecular formula is C20H20N2O4. The quantitative estimate of drug-likeness (QED) is 0.524. The molecule has 0 atom stereocenters. The number of carbonyl (C=O) groups is 3. The molecule has 0 aliphatic heterocycles. The van der Waals surface area contributed by atoms with Crippen molar-refractivity contribution in [2.75, 3.05) is 30.8 Å². The fraction of sp³-hybridized carbons (Fsp3) is 0.250. The van der Waals surface area contributed by atoms with E-state index in [1.54, 1.807) is 50.4 Å². The molecule has 0 aromatic heterocycles. The summed E-state index contributed by atoms with van der Waals surface area (Å²) in [5.74, 6) is -0.652. The van der Waals surface area contributed by atoms with Crippen molar-refractivity contribution in [2.45, 2.75) is 13.3 Å². The molecule has 0 saturated carbocycles. The van der Waals surface area contributed by atoms with Crippen LogP contribution in [0.25, 0.3) is 0 Å². The van der Waals surface area contributed by atoms with Gasteiger partial charge in [0.15, 0.2) is 11.6 Å². The van der Waals surface area contributed by atoms with Gasteiger partial charge in [-0.1, -0.05) is 31.2 Å². The van der Waals surface area contributed by atoms with Crippen molar-refractivity contribution in [3.8, 4) is 0 Å². The molecule has 6 nitrogen and oxygen atoms in total. The lowest BCUT2D eigenvalue weighted by molar-refractivity contribution is -0.142. The van der Waals surface area contributed by atoms with Gasteiger partial charge in [0.25, 0.3) is 0 Å². The van der Waals surface area contributed by atoms with Crippen LogP contribution in [0, 0.1) is 0 Å². The van der Waals surface area contributed by atoms with E-state index in [9.17, 15) is 14.4 Å². The normalized spacial score (nSPS) is 12.2. The van der Waals surface area contributed by atoms with Crippen LogP contribution in [0.5, 0.6) is 0 Å². The van der Waals surface area contributed by atoms with Crippen LogP contribution in [-0.2, 0) is 9.53 Å². The molecule has 3 rings (SSSR count). The topological polar surface area (TPSA) is 84.5 Å². The zero-order chi connectivity index (χ0) is 18.7. The van der Waals surface area contributed by atoms with Crippen LogP contribution in [0.4, 0.5) is 11.4 Å². The number of nitrogens with one attached hydrogen (secondary N) is 2. The molecule has 0 saturated heterocycles. The maximum atomic E-state index is 13.0. The van der Waals surface area contributed by atoms with Crippen molar-refractivity contribution < 1.29 is 19.1 Å². The Labute approximate surface area is 151 Å². The molecular weight excluding hydrogens is 332 g/mol. The molecule has 0 heterocycles. The summed E-state index contributed by atoms with van der Waals surface area (Å²) in [5.41, 5.74) is 2.69. The van der Waals surface area contributed by atoms with Gasteiger partial charge >= 0.3 is 5.97 Å². The maximum absolute atomic E-state index is 13.0. The second-order valence-electron chi connectivity index (χ2n) is 5.87. The van der Waals surface area contributed by atoms with Crippen LogP contribution >= 0.6 is 0 Å². The van der Waals surface area contributed by atoms with Gasteiger partial charge in [0, 0.05) is 42.5 Å². The Morgan fingerprint density at radius 3 is 2.12 bits per heavy atom. The van der Waals surface area contributed by atoms with Gasteiger partial charge in [0.2, 0.25) is 0 Å². The van der Waals surface area contributed by atoms with Crippen LogP contribution in [0.2, 0.25) is 0 Å². The largest absolute Gasteiger partial charge is 0.464 e. The fourth-order valence-electron chi connectivity index (χ4n) is 3.03. The third kappa shape index (κ3) is 3.06. The summed E-state index contributed by atoms with van der Waals surface area (Å²) in [6.07, 6.45) is 0.316. The SMILES string of the molecule is CCC(=O)OCCNc1ccc(NC)c2c1C(=O)c1ccccc1C2=O. The first-order chi connectivity index (χ1) is 12.6. The average Bonchev–Trinajstić information content (AvgIpc) is 2.68. The van der Waals surface area contributed by atoms with Gasteiger partial charge in [-0.05, 0) is 12.1 Å². The summed E-state index contributed by atoms with van der Waals surface area (Å²) in [7, 11) is 1.71. The van der Waals surface area contributed by atoms with Crippen molar-refractivity contribution in [3.05, 3.63) is 58.7 Å². The highest BCUT2D eigenvalue weighted by molar-refractivity contribution is 6.31. The Morgan fingerprint density at radius 2 is 1.54 bits per heavy atom. The molecule has 0 radical (unpaired) electrons. The van der Waals surface area contributed by atoms with E-state index in [4.69, 9.17) is 4.74 Å². The minimum atomic E-state index is -0.278. The molecule has 6 heteroatoms. The predicted octanol–water partition coefficient (Wildman–Crippen LogP) is 2.87. The first kappa shape index (κ1) is 17.7. The van der Waals surface area contributed by atoms with Gasteiger partial charge in [-0.15, -0.1) is 0 Å². The zero-order valence-corrected chi connectivity index (χ0v) is 14.7. The summed E-state index contributed by atoms with van der Waals surface area (Å²) < 4.78 is 5.04. The van der Waals surface area contributed by atoms with Gasteiger partial charge < -0.3 is 15.4 Å². The Morgan fingerprint density at radius 1 is 0.962 bits per heavy atom. The van der Waals surface area contributed by atoms with Gasteiger partial charge in [0.05, 0.1) is 11.1 Å². The monoisotopic (exact) mass is 352 g/mol. The predicted molar refractivity (Wildman–Crippen MR) is 99.0 cm³/mol. The van der Waals surface area contributed by atoms with E-state index in [0.29, 0.717) is 46.6 Å². The van der Waals surface area contributed by atoms with E-state index in [1.807, 2.05) is 0 Å². The van der Waals surface area contributed by atoms with E-state index < -0.39 is 0 Å². The molecule has 2 aromatic rings. The lowest BCUT2D eigenvalue weighted by atomic mass is 9.82. The van der Waals surface area contributed by atoms with Crippen molar-refractivity contribution in [3.63, 3.8) is 0 Å². The Balaban J connectivity index is 1.96. The van der Waals surface area contributed by atoms with Crippen LogP contribution in [0.3, 0.4) is 0 Å². The lowest BCUT2D eigenvalue weighted by Gasteiger charge is -2.23. The first-order valence-electron chi connectivity index (χ1n) is 8.51. The molecule has 0 amide bonds.